The van der Waals surface area contributed by atoms with E-state index >= 15 is 0 Å². The lowest BCUT2D eigenvalue weighted by atomic mass is 9.93. The summed E-state index contributed by atoms with van der Waals surface area (Å²) in [6.07, 6.45) is 3.81. The summed E-state index contributed by atoms with van der Waals surface area (Å²) in [5.74, 6) is -0.889. The van der Waals surface area contributed by atoms with Crippen molar-refractivity contribution in [3.05, 3.63) is 46.6 Å². The van der Waals surface area contributed by atoms with Gasteiger partial charge in [-0.05, 0) is 37.1 Å². The van der Waals surface area contributed by atoms with Crippen LogP contribution in [0, 0.1) is 5.92 Å². The number of hydrogen-bond acceptors (Lipinski definition) is 6. The second-order valence-electron chi connectivity index (χ2n) is 8.59. The van der Waals surface area contributed by atoms with Crippen LogP contribution >= 0.6 is 15.9 Å². The molecule has 1 aromatic heterocycles. The number of fused-ring (bicyclic) bond motifs is 1. The molecule has 3 aliphatic rings. The Balaban J connectivity index is 1.47. The lowest BCUT2D eigenvalue weighted by Gasteiger charge is -2.31. The Kier molecular flexibility index (Phi) is 5.65. The number of benzene rings is 1. The number of carbonyl (C=O) groups is 3. The highest BCUT2D eigenvalue weighted by atomic mass is 79.9. The lowest BCUT2D eigenvalue weighted by Crippen LogP contribution is -2.45. The molecule has 9 heteroatoms. The van der Waals surface area contributed by atoms with Crippen LogP contribution in [0.5, 0.6) is 0 Å². The first kappa shape index (κ1) is 21.4. The van der Waals surface area contributed by atoms with E-state index in [1.165, 1.54) is 9.96 Å². The number of imide groups is 1. The van der Waals surface area contributed by atoms with Gasteiger partial charge in [-0.1, -0.05) is 47.3 Å². The number of furan rings is 1. The SMILES string of the molecule is NC(=O)CN1OC2C(=O)N(C3CCCCC3)C(=O)C2C1c1ccc(-c2ccc(Br)cc2)o1. The summed E-state index contributed by atoms with van der Waals surface area (Å²) in [5.41, 5.74) is 6.28. The molecular weight excluding hydrogens is 478 g/mol. The first-order valence-electron chi connectivity index (χ1n) is 10.9. The third-order valence-electron chi connectivity index (χ3n) is 6.53. The van der Waals surface area contributed by atoms with E-state index in [1.807, 2.05) is 30.3 Å². The fourth-order valence-electron chi connectivity index (χ4n) is 5.08. The van der Waals surface area contributed by atoms with Crippen LogP contribution in [0.15, 0.2) is 45.3 Å². The third kappa shape index (κ3) is 3.68. The molecule has 0 spiro atoms. The molecule has 3 amide bonds. The molecular formula is C23H24BrN3O5. The predicted molar refractivity (Wildman–Crippen MR) is 118 cm³/mol. The number of halogens is 1. The maximum Gasteiger partial charge on any atom is 0.261 e. The highest BCUT2D eigenvalue weighted by Crippen LogP contribution is 2.46. The first-order chi connectivity index (χ1) is 15.4. The van der Waals surface area contributed by atoms with Gasteiger partial charge in [0.15, 0.2) is 6.10 Å². The summed E-state index contributed by atoms with van der Waals surface area (Å²) in [6.45, 7) is -0.240. The molecule has 2 N–H and O–H groups in total. The van der Waals surface area contributed by atoms with Crippen molar-refractivity contribution in [2.24, 2.45) is 11.7 Å². The smallest absolute Gasteiger partial charge is 0.261 e. The van der Waals surface area contributed by atoms with Gasteiger partial charge in [0, 0.05) is 16.1 Å². The molecule has 8 nitrogen and oxygen atoms in total. The van der Waals surface area contributed by atoms with Gasteiger partial charge >= 0.3 is 0 Å². The molecule has 1 aromatic carbocycles. The molecule has 2 aliphatic heterocycles. The summed E-state index contributed by atoms with van der Waals surface area (Å²) in [5, 5.41) is 1.33. The van der Waals surface area contributed by atoms with E-state index in [9.17, 15) is 14.4 Å². The summed E-state index contributed by atoms with van der Waals surface area (Å²) >= 11 is 3.42. The van der Waals surface area contributed by atoms with Crippen LogP contribution < -0.4 is 5.73 Å². The van der Waals surface area contributed by atoms with Gasteiger partial charge in [-0.3, -0.25) is 24.1 Å². The van der Waals surface area contributed by atoms with Gasteiger partial charge in [0.05, 0.1) is 0 Å². The largest absolute Gasteiger partial charge is 0.459 e. The normalized spacial score (nSPS) is 26.7. The highest BCUT2D eigenvalue weighted by molar-refractivity contribution is 9.10. The number of primary amides is 1. The van der Waals surface area contributed by atoms with E-state index in [0.29, 0.717) is 11.5 Å². The van der Waals surface area contributed by atoms with Gasteiger partial charge in [0.2, 0.25) is 11.8 Å². The van der Waals surface area contributed by atoms with Crippen molar-refractivity contribution < 1.29 is 23.6 Å². The standard InChI is InChI=1S/C23H24BrN3O5/c24-14-8-6-13(7-9-14)16-10-11-17(31-16)20-19-21(32-26(20)12-18(25)28)23(30)27(22(19)29)15-4-2-1-3-5-15/h6-11,15,19-21H,1-5,12H2,(H2,25,28). The number of rotatable bonds is 5. The number of nitrogens with two attached hydrogens (primary N) is 1. The average Bonchev–Trinajstić information content (AvgIpc) is 3.44. The molecule has 5 rings (SSSR count). The molecule has 2 saturated heterocycles. The van der Waals surface area contributed by atoms with Gasteiger partial charge < -0.3 is 10.2 Å². The monoisotopic (exact) mass is 501 g/mol. The van der Waals surface area contributed by atoms with Crippen LogP contribution in [0.25, 0.3) is 11.3 Å². The minimum Gasteiger partial charge on any atom is -0.459 e. The van der Waals surface area contributed by atoms with Crippen molar-refractivity contribution in [2.75, 3.05) is 6.54 Å². The molecule has 1 aliphatic carbocycles. The number of amides is 3. The lowest BCUT2D eigenvalue weighted by molar-refractivity contribution is -0.184. The van der Waals surface area contributed by atoms with Crippen molar-refractivity contribution in [3.63, 3.8) is 0 Å². The van der Waals surface area contributed by atoms with Crippen LogP contribution in [-0.4, -0.2) is 46.4 Å². The number of likely N-dealkylation sites (tertiary alicyclic amines) is 1. The zero-order valence-electron chi connectivity index (χ0n) is 17.4. The summed E-state index contributed by atoms with van der Waals surface area (Å²) in [4.78, 5) is 45.6. The van der Waals surface area contributed by atoms with Crippen LogP contribution in [0.3, 0.4) is 0 Å². The van der Waals surface area contributed by atoms with E-state index in [-0.39, 0.29) is 24.4 Å². The second kappa shape index (κ2) is 8.46. The Bertz CT molecular complexity index is 1050. The van der Waals surface area contributed by atoms with Crippen LogP contribution in [0.2, 0.25) is 0 Å². The Morgan fingerprint density at radius 1 is 1.03 bits per heavy atom. The zero-order valence-corrected chi connectivity index (χ0v) is 19.0. The minimum atomic E-state index is -0.963. The van der Waals surface area contributed by atoms with E-state index in [2.05, 4.69) is 15.9 Å². The Morgan fingerprint density at radius 2 is 1.75 bits per heavy atom. The van der Waals surface area contributed by atoms with E-state index in [1.54, 1.807) is 6.07 Å². The summed E-state index contributed by atoms with van der Waals surface area (Å²) < 4.78 is 7.06. The number of carbonyl (C=O) groups excluding carboxylic acids is 3. The molecule has 0 bridgehead atoms. The Morgan fingerprint density at radius 3 is 2.44 bits per heavy atom. The van der Waals surface area contributed by atoms with Crippen molar-refractivity contribution in [1.82, 2.24) is 9.96 Å². The van der Waals surface area contributed by atoms with E-state index in [0.717, 1.165) is 42.1 Å². The van der Waals surface area contributed by atoms with Crippen molar-refractivity contribution in [1.29, 1.82) is 0 Å². The Labute approximate surface area is 193 Å². The van der Waals surface area contributed by atoms with Gasteiger partial charge in [0.25, 0.3) is 5.91 Å². The van der Waals surface area contributed by atoms with Crippen molar-refractivity contribution in [3.8, 4) is 11.3 Å². The molecule has 3 atom stereocenters. The van der Waals surface area contributed by atoms with Crippen molar-refractivity contribution in [2.45, 2.75) is 50.3 Å². The van der Waals surface area contributed by atoms with E-state index in [4.69, 9.17) is 15.0 Å². The zero-order chi connectivity index (χ0) is 22.4. The highest BCUT2D eigenvalue weighted by Gasteiger charge is 2.61. The average molecular weight is 502 g/mol. The minimum absolute atomic E-state index is 0.0851. The van der Waals surface area contributed by atoms with Gasteiger partial charge in [0.1, 0.15) is 30.0 Å². The molecule has 3 fully saturated rings. The predicted octanol–water partition coefficient (Wildman–Crippen LogP) is 3.17. The van der Waals surface area contributed by atoms with Gasteiger partial charge in [-0.2, -0.15) is 5.06 Å². The molecule has 2 aromatic rings. The molecule has 0 radical (unpaired) electrons. The molecule has 3 heterocycles. The molecule has 3 unspecified atom stereocenters. The first-order valence-corrected chi connectivity index (χ1v) is 11.7. The second-order valence-corrected chi connectivity index (χ2v) is 9.50. The topological polar surface area (TPSA) is 106 Å². The number of nitrogens with zero attached hydrogens (tertiary/aromatic N) is 2. The van der Waals surface area contributed by atoms with Crippen LogP contribution in [-0.2, 0) is 19.2 Å². The quantitative estimate of drug-likeness (QED) is 0.630. The number of hydrogen-bond donors (Lipinski definition) is 1. The third-order valence-corrected chi connectivity index (χ3v) is 7.06. The summed E-state index contributed by atoms with van der Waals surface area (Å²) in [6, 6.07) is 10.4. The van der Waals surface area contributed by atoms with Crippen LogP contribution in [0.1, 0.15) is 43.9 Å². The van der Waals surface area contributed by atoms with Crippen LogP contribution in [0.4, 0.5) is 0 Å². The summed E-state index contributed by atoms with van der Waals surface area (Å²) in [7, 11) is 0. The maximum absolute atomic E-state index is 13.5. The molecule has 1 saturated carbocycles. The van der Waals surface area contributed by atoms with Crippen molar-refractivity contribution >= 4 is 33.7 Å². The van der Waals surface area contributed by atoms with Gasteiger partial charge in [-0.15, -0.1) is 0 Å². The molecule has 32 heavy (non-hydrogen) atoms. The fourth-order valence-corrected chi connectivity index (χ4v) is 5.34. The molecule has 168 valence electrons. The Hall–Kier alpha value is -2.49. The van der Waals surface area contributed by atoms with E-state index < -0.39 is 24.0 Å². The fraction of sp³-hybridized carbons (Fsp3) is 0.435. The number of hydroxylamine groups is 2. The van der Waals surface area contributed by atoms with Gasteiger partial charge in [-0.25, -0.2) is 0 Å². The maximum atomic E-state index is 13.5.